The number of nitrogens with one attached hydrogen (secondary N) is 1. The zero-order chi connectivity index (χ0) is 23.2. The molecule has 0 radical (unpaired) electrons. The van der Waals surface area contributed by atoms with Crippen molar-refractivity contribution in [3.8, 4) is 0 Å². The van der Waals surface area contributed by atoms with Gasteiger partial charge in [0.2, 0.25) is 0 Å². The minimum Gasteiger partial charge on any atom is -0.460 e. The number of hydrogen-bond acceptors (Lipinski definition) is 3. The Morgan fingerprint density at radius 3 is 2.33 bits per heavy atom. The highest BCUT2D eigenvalue weighted by Crippen LogP contribution is 2.31. The molecular formula is C26H22Cl2N2O3. The van der Waals surface area contributed by atoms with E-state index in [1.165, 1.54) is 0 Å². The van der Waals surface area contributed by atoms with Crippen LogP contribution in [0.25, 0.3) is 0 Å². The Kier molecular flexibility index (Phi) is 7.43. The molecule has 3 aromatic carbocycles. The molecule has 33 heavy (non-hydrogen) atoms. The molecule has 0 saturated carbocycles. The van der Waals surface area contributed by atoms with Crippen molar-refractivity contribution in [2.75, 3.05) is 0 Å². The molecule has 2 unspecified atom stereocenters. The van der Waals surface area contributed by atoms with Crippen molar-refractivity contribution in [3.63, 3.8) is 0 Å². The summed E-state index contributed by atoms with van der Waals surface area (Å²) in [4.78, 5) is 29.9. The average molecular weight is 481 g/mol. The topological polar surface area (TPSA) is 67.8 Å². The van der Waals surface area contributed by atoms with E-state index in [-0.39, 0.29) is 6.61 Å². The molecule has 0 fully saturated rings. The number of rotatable bonds is 7. The van der Waals surface area contributed by atoms with Gasteiger partial charge >= 0.3 is 12.0 Å². The Morgan fingerprint density at radius 2 is 1.61 bits per heavy atom. The van der Waals surface area contributed by atoms with E-state index in [4.69, 9.17) is 27.9 Å². The van der Waals surface area contributed by atoms with Crippen LogP contribution < -0.4 is 5.32 Å². The lowest BCUT2D eigenvalue weighted by molar-refractivity contribution is -0.148. The molecule has 4 rings (SSSR count). The molecule has 7 heteroatoms. The zero-order valence-corrected chi connectivity index (χ0v) is 19.2. The molecule has 1 heterocycles. The van der Waals surface area contributed by atoms with Gasteiger partial charge in [0.1, 0.15) is 12.5 Å². The minimum absolute atomic E-state index is 0.138. The predicted molar refractivity (Wildman–Crippen MR) is 130 cm³/mol. The average Bonchev–Trinajstić information content (AvgIpc) is 2.82. The molecule has 0 saturated heterocycles. The first-order chi connectivity index (χ1) is 16.0. The first kappa shape index (κ1) is 23.0. The maximum Gasteiger partial charge on any atom is 0.341 e. The lowest BCUT2D eigenvalue weighted by Gasteiger charge is -2.31. The van der Waals surface area contributed by atoms with Crippen LogP contribution in [0.4, 0.5) is 4.79 Å². The fourth-order valence-corrected chi connectivity index (χ4v) is 4.19. The summed E-state index contributed by atoms with van der Waals surface area (Å²) in [5.41, 5.74) is 3.11. The highest BCUT2D eigenvalue weighted by atomic mass is 35.5. The van der Waals surface area contributed by atoms with Crippen LogP contribution in [0.1, 0.15) is 29.2 Å². The van der Waals surface area contributed by atoms with Gasteiger partial charge in [0.05, 0.1) is 6.04 Å². The number of esters is 1. The van der Waals surface area contributed by atoms with Crippen molar-refractivity contribution in [1.29, 1.82) is 0 Å². The number of aryl methyl sites for hydroxylation is 1. The third kappa shape index (κ3) is 6.01. The third-order valence-corrected chi connectivity index (χ3v) is 5.97. The van der Waals surface area contributed by atoms with Gasteiger partial charge in [-0.05, 0) is 53.8 Å². The summed E-state index contributed by atoms with van der Waals surface area (Å²) in [5, 5.41) is 4.03. The number of ether oxygens (including phenoxy) is 1. The number of urea groups is 1. The summed E-state index contributed by atoms with van der Waals surface area (Å²) in [7, 11) is 0. The molecule has 5 nitrogen and oxygen atoms in total. The molecule has 2 atom stereocenters. The molecular weight excluding hydrogens is 459 g/mol. The maximum absolute atomic E-state index is 13.3. The number of amides is 2. The van der Waals surface area contributed by atoms with E-state index in [0.29, 0.717) is 28.6 Å². The molecule has 0 aliphatic carbocycles. The number of carbonyl (C=O) groups excluding carboxylic acids is 2. The normalized spacial score (nSPS) is 17.8. The van der Waals surface area contributed by atoms with E-state index in [1.807, 2.05) is 48.5 Å². The largest absolute Gasteiger partial charge is 0.460 e. The summed E-state index contributed by atoms with van der Waals surface area (Å²) in [6.07, 6.45) is 1.01. The van der Waals surface area contributed by atoms with Gasteiger partial charge in [-0.15, -0.1) is 0 Å². The van der Waals surface area contributed by atoms with Gasteiger partial charge in [-0.1, -0.05) is 77.8 Å². The second-order valence-corrected chi connectivity index (χ2v) is 8.66. The molecule has 1 aliphatic rings. The van der Waals surface area contributed by atoms with Gasteiger partial charge in [-0.25, -0.2) is 9.79 Å². The number of aliphatic imine (C=N–C) groups is 1. The van der Waals surface area contributed by atoms with Gasteiger partial charge < -0.3 is 10.1 Å². The second-order valence-electron chi connectivity index (χ2n) is 7.78. The van der Waals surface area contributed by atoms with Crippen molar-refractivity contribution in [2.24, 2.45) is 10.9 Å². The Morgan fingerprint density at radius 1 is 0.879 bits per heavy atom. The first-order valence-corrected chi connectivity index (χ1v) is 11.3. The first-order valence-electron chi connectivity index (χ1n) is 10.6. The summed E-state index contributed by atoms with van der Waals surface area (Å²) in [5.74, 6) is -1.20. The van der Waals surface area contributed by atoms with Crippen molar-refractivity contribution in [3.05, 3.63) is 106 Å². The maximum atomic E-state index is 13.3. The summed E-state index contributed by atoms with van der Waals surface area (Å²) >= 11 is 12.1. The third-order valence-electron chi connectivity index (χ3n) is 5.48. The van der Waals surface area contributed by atoms with E-state index in [2.05, 4.69) is 10.3 Å². The lowest BCUT2D eigenvalue weighted by Crippen LogP contribution is -2.45. The van der Waals surface area contributed by atoms with Crippen LogP contribution >= 0.6 is 23.2 Å². The summed E-state index contributed by atoms with van der Waals surface area (Å²) < 4.78 is 5.66. The van der Waals surface area contributed by atoms with Crippen LogP contribution in [-0.2, 0) is 22.6 Å². The standard InChI is InChI=1S/C26H22Cl2N2O3/c27-20-12-10-19(11-13-20)24-23(25(31)33-16-18-5-2-1-3-6-18)22(29-26(32)30-24)14-9-17-7-4-8-21(28)15-17/h1-8,10-13,15,23-24H,9,14,16H2,(H,30,32). The van der Waals surface area contributed by atoms with E-state index < -0.39 is 24.0 Å². The highest BCUT2D eigenvalue weighted by molar-refractivity contribution is 6.30. The number of halogens is 2. The number of benzene rings is 3. The van der Waals surface area contributed by atoms with Crippen LogP contribution in [0.5, 0.6) is 0 Å². The number of hydrogen-bond donors (Lipinski definition) is 1. The van der Waals surface area contributed by atoms with Gasteiger partial charge in [-0.2, -0.15) is 0 Å². The molecule has 0 aromatic heterocycles. The lowest BCUT2D eigenvalue weighted by atomic mass is 9.85. The van der Waals surface area contributed by atoms with Crippen molar-refractivity contribution in [2.45, 2.75) is 25.5 Å². The zero-order valence-electron chi connectivity index (χ0n) is 17.7. The fourth-order valence-electron chi connectivity index (χ4n) is 3.85. The van der Waals surface area contributed by atoms with E-state index >= 15 is 0 Å². The molecule has 1 N–H and O–H groups in total. The number of nitrogens with zero attached hydrogens (tertiary/aromatic N) is 1. The Bertz CT molecular complexity index is 1160. The van der Waals surface area contributed by atoms with Crippen molar-refractivity contribution < 1.29 is 14.3 Å². The molecule has 2 amide bonds. The Balaban J connectivity index is 1.60. The summed E-state index contributed by atoms with van der Waals surface area (Å²) in [6.45, 7) is 0.138. The smallest absolute Gasteiger partial charge is 0.341 e. The van der Waals surface area contributed by atoms with Gasteiger partial charge in [0.15, 0.2) is 0 Å². The SMILES string of the molecule is O=C1N=C(CCc2cccc(Cl)c2)C(C(=O)OCc2ccccc2)C(c2ccc(Cl)cc2)N1. The van der Waals surface area contributed by atoms with Crippen LogP contribution in [0, 0.1) is 5.92 Å². The van der Waals surface area contributed by atoms with Crippen LogP contribution in [0.3, 0.4) is 0 Å². The second kappa shape index (κ2) is 10.6. The molecule has 3 aromatic rings. The van der Waals surface area contributed by atoms with E-state index in [1.54, 1.807) is 30.3 Å². The highest BCUT2D eigenvalue weighted by Gasteiger charge is 2.39. The van der Waals surface area contributed by atoms with E-state index in [9.17, 15) is 9.59 Å². The monoisotopic (exact) mass is 480 g/mol. The molecule has 168 valence electrons. The fraction of sp³-hybridized carbons (Fsp3) is 0.192. The van der Waals surface area contributed by atoms with Gasteiger partial charge in [0.25, 0.3) is 0 Å². The molecule has 1 aliphatic heterocycles. The van der Waals surface area contributed by atoms with Gasteiger partial charge in [0, 0.05) is 15.8 Å². The van der Waals surface area contributed by atoms with Gasteiger partial charge in [-0.3, -0.25) is 4.79 Å². The number of carbonyl (C=O) groups is 2. The molecule has 0 bridgehead atoms. The van der Waals surface area contributed by atoms with Crippen molar-refractivity contribution in [1.82, 2.24) is 5.32 Å². The minimum atomic E-state index is -0.758. The van der Waals surface area contributed by atoms with Crippen LogP contribution in [0.15, 0.2) is 83.9 Å². The van der Waals surface area contributed by atoms with Crippen molar-refractivity contribution >= 4 is 40.9 Å². The molecule has 0 spiro atoms. The summed E-state index contributed by atoms with van der Waals surface area (Å²) in [6, 6.07) is 22.9. The predicted octanol–water partition coefficient (Wildman–Crippen LogP) is 6.19. The van der Waals surface area contributed by atoms with E-state index in [0.717, 1.165) is 16.7 Å². The van der Waals surface area contributed by atoms with Crippen LogP contribution in [-0.4, -0.2) is 17.7 Å². The Labute approximate surface area is 202 Å². The van der Waals surface area contributed by atoms with Crippen LogP contribution in [0.2, 0.25) is 10.0 Å². The Hall–Kier alpha value is -3.15. The quantitative estimate of drug-likeness (QED) is 0.409.